The van der Waals surface area contributed by atoms with Crippen LogP contribution in [0.1, 0.15) is 5.56 Å². The molecule has 1 aromatic carbocycles. The molecule has 13 heavy (non-hydrogen) atoms. The molecule has 1 rings (SSSR count). The molecular weight excluding hydrogens is 166 g/mol. The Bertz CT molecular complexity index is 320. The average molecular weight is 177 g/mol. The third-order valence-electron chi connectivity index (χ3n) is 1.42. The lowest BCUT2D eigenvalue weighted by molar-refractivity contribution is 0.204. The summed E-state index contributed by atoms with van der Waals surface area (Å²) in [6, 6.07) is 7.25. The van der Waals surface area contributed by atoms with Crippen molar-refractivity contribution >= 4 is 6.09 Å². The third kappa shape index (κ3) is 2.99. The molecule has 0 fully saturated rings. The molecule has 0 aliphatic carbocycles. The van der Waals surface area contributed by atoms with Crippen molar-refractivity contribution in [3.05, 3.63) is 42.6 Å². The van der Waals surface area contributed by atoms with Crippen LogP contribution in [0.2, 0.25) is 0 Å². The van der Waals surface area contributed by atoms with Crippen molar-refractivity contribution in [1.82, 2.24) is 5.32 Å². The van der Waals surface area contributed by atoms with Gasteiger partial charge in [-0.15, -0.1) is 0 Å². The molecule has 0 atom stereocenters. The van der Waals surface area contributed by atoms with Gasteiger partial charge in [0.25, 0.3) is 0 Å². The SMILES string of the molecule is C=CNC(=O)Oc1cccc(C)c1. The Labute approximate surface area is 77.0 Å². The van der Waals surface area contributed by atoms with E-state index in [1.54, 1.807) is 12.1 Å². The summed E-state index contributed by atoms with van der Waals surface area (Å²) >= 11 is 0. The van der Waals surface area contributed by atoms with E-state index in [2.05, 4.69) is 11.9 Å². The van der Waals surface area contributed by atoms with E-state index in [1.165, 1.54) is 6.20 Å². The van der Waals surface area contributed by atoms with Crippen molar-refractivity contribution in [2.75, 3.05) is 0 Å². The highest BCUT2D eigenvalue weighted by Gasteiger charge is 2.00. The maximum absolute atomic E-state index is 10.9. The minimum absolute atomic E-state index is 0.527. The number of carbonyl (C=O) groups excluding carboxylic acids is 1. The highest BCUT2D eigenvalue weighted by atomic mass is 16.5. The van der Waals surface area contributed by atoms with Crippen molar-refractivity contribution in [3.63, 3.8) is 0 Å². The van der Waals surface area contributed by atoms with E-state index >= 15 is 0 Å². The first-order chi connectivity index (χ1) is 6.22. The van der Waals surface area contributed by atoms with Gasteiger partial charge < -0.3 is 4.74 Å². The van der Waals surface area contributed by atoms with Crippen LogP contribution in [0.5, 0.6) is 5.75 Å². The minimum atomic E-state index is -0.527. The molecule has 1 N–H and O–H groups in total. The molecule has 0 unspecified atom stereocenters. The lowest BCUT2D eigenvalue weighted by Crippen LogP contribution is -2.20. The van der Waals surface area contributed by atoms with E-state index in [-0.39, 0.29) is 0 Å². The van der Waals surface area contributed by atoms with Gasteiger partial charge in [0.15, 0.2) is 0 Å². The topological polar surface area (TPSA) is 38.3 Å². The molecule has 0 spiro atoms. The smallest absolute Gasteiger partial charge is 0.410 e. The van der Waals surface area contributed by atoms with Crippen molar-refractivity contribution in [3.8, 4) is 5.75 Å². The molecule has 0 aliphatic rings. The van der Waals surface area contributed by atoms with Gasteiger partial charge in [-0.3, -0.25) is 5.32 Å². The molecule has 3 heteroatoms. The zero-order valence-corrected chi connectivity index (χ0v) is 7.41. The number of hydrogen-bond donors (Lipinski definition) is 1. The van der Waals surface area contributed by atoms with E-state index in [0.717, 1.165) is 5.56 Å². The van der Waals surface area contributed by atoms with E-state index in [4.69, 9.17) is 4.74 Å². The van der Waals surface area contributed by atoms with Crippen molar-refractivity contribution < 1.29 is 9.53 Å². The van der Waals surface area contributed by atoms with Gasteiger partial charge in [0, 0.05) is 0 Å². The molecule has 0 aromatic heterocycles. The number of ether oxygens (including phenoxy) is 1. The zero-order valence-electron chi connectivity index (χ0n) is 7.41. The molecular formula is C10H11NO2. The van der Waals surface area contributed by atoms with Gasteiger partial charge in [-0.05, 0) is 30.8 Å². The first-order valence-electron chi connectivity index (χ1n) is 3.88. The van der Waals surface area contributed by atoms with Crippen LogP contribution in [0.15, 0.2) is 37.0 Å². The fourth-order valence-corrected chi connectivity index (χ4v) is 0.899. The van der Waals surface area contributed by atoms with E-state index < -0.39 is 6.09 Å². The van der Waals surface area contributed by atoms with Gasteiger partial charge in [0.2, 0.25) is 0 Å². The monoisotopic (exact) mass is 177 g/mol. The summed E-state index contributed by atoms with van der Waals surface area (Å²) in [6.45, 7) is 5.28. The Morgan fingerprint density at radius 3 is 3.00 bits per heavy atom. The predicted molar refractivity (Wildman–Crippen MR) is 50.5 cm³/mol. The second-order valence-corrected chi connectivity index (χ2v) is 2.55. The summed E-state index contributed by atoms with van der Waals surface area (Å²) in [5.41, 5.74) is 1.05. The largest absolute Gasteiger partial charge is 0.416 e. The van der Waals surface area contributed by atoms with Crippen molar-refractivity contribution in [2.45, 2.75) is 6.92 Å². The normalized spacial score (nSPS) is 9.00. The van der Waals surface area contributed by atoms with Crippen molar-refractivity contribution in [2.24, 2.45) is 0 Å². The van der Waals surface area contributed by atoms with Crippen LogP contribution >= 0.6 is 0 Å². The number of hydrogen-bond acceptors (Lipinski definition) is 2. The molecule has 1 amide bonds. The van der Waals surface area contributed by atoms with Gasteiger partial charge in [0.1, 0.15) is 5.75 Å². The predicted octanol–water partition coefficient (Wildman–Crippen LogP) is 2.23. The van der Waals surface area contributed by atoms with Crippen LogP contribution in [-0.4, -0.2) is 6.09 Å². The quantitative estimate of drug-likeness (QED) is 0.752. The van der Waals surface area contributed by atoms with Crippen LogP contribution in [0, 0.1) is 6.92 Å². The standard InChI is InChI=1S/C10H11NO2/c1-3-11-10(12)13-9-6-4-5-8(2)7-9/h3-7H,1H2,2H3,(H,11,12). The summed E-state index contributed by atoms with van der Waals surface area (Å²) in [6.07, 6.45) is 0.749. The Hall–Kier alpha value is -1.77. The van der Waals surface area contributed by atoms with E-state index in [9.17, 15) is 4.79 Å². The highest BCUT2D eigenvalue weighted by molar-refractivity contribution is 5.71. The van der Waals surface area contributed by atoms with Gasteiger partial charge in [-0.2, -0.15) is 0 Å². The molecule has 0 heterocycles. The maximum Gasteiger partial charge on any atom is 0.416 e. The summed E-state index contributed by atoms with van der Waals surface area (Å²) < 4.78 is 4.91. The number of rotatable bonds is 2. The molecule has 0 aliphatic heterocycles. The second-order valence-electron chi connectivity index (χ2n) is 2.55. The van der Waals surface area contributed by atoms with Gasteiger partial charge >= 0.3 is 6.09 Å². The zero-order chi connectivity index (χ0) is 9.68. The number of aryl methyl sites for hydroxylation is 1. The minimum Gasteiger partial charge on any atom is -0.410 e. The molecule has 0 radical (unpaired) electrons. The molecule has 0 saturated carbocycles. The number of carbonyl (C=O) groups is 1. The van der Waals surface area contributed by atoms with Crippen LogP contribution in [0.4, 0.5) is 4.79 Å². The van der Waals surface area contributed by atoms with E-state index in [1.807, 2.05) is 19.1 Å². The van der Waals surface area contributed by atoms with Crippen LogP contribution in [0.25, 0.3) is 0 Å². The summed E-state index contributed by atoms with van der Waals surface area (Å²) in [4.78, 5) is 10.9. The summed E-state index contributed by atoms with van der Waals surface area (Å²) in [5, 5.41) is 2.32. The third-order valence-corrected chi connectivity index (χ3v) is 1.42. The molecule has 0 bridgehead atoms. The fourth-order valence-electron chi connectivity index (χ4n) is 0.899. The first-order valence-corrected chi connectivity index (χ1v) is 3.88. The van der Waals surface area contributed by atoms with Crippen LogP contribution < -0.4 is 10.1 Å². The first kappa shape index (κ1) is 9.32. The highest BCUT2D eigenvalue weighted by Crippen LogP contribution is 2.11. The van der Waals surface area contributed by atoms with Crippen LogP contribution in [-0.2, 0) is 0 Å². The Kier molecular flexibility index (Phi) is 3.09. The van der Waals surface area contributed by atoms with Crippen LogP contribution in [0.3, 0.4) is 0 Å². The van der Waals surface area contributed by atoms with Crippen molar-refractivity contribution in [1.29, 1.82) is 0 Å². The molecule has 68 valence electrons. The van der Waals surface area contributed by atoms with Gasteiger partial charge in [0.05, 0.1) is 0 Å². The maximum atomic E-state index is 10.9. The number of nitrogens with one attached hydrogen (secondary N) is 1. The Morgan fingerprint density at radius 2 is 2.38 bits per heavy atom. The molecule has 3 nitrogen and oxygen atoms in total. The average Bonchev–Trinajstić information content (AvgIpc) is 2.04. The summed E-state index contributed by atoms with van der Waals surface area (Å²) in [7, 11) is 0. The number of benzene rings is 1. The Balaban J connectivity index is 2.63. The second kappa shape index (κ2) is 4.30. The lowest BCUT2D eigenvalue weighted by atomic mass is 10.2. The number of amides is 1. The van der Waals surface area contributed by atoms with Gasteiger partial charge in [-0.1, -0.05) is 18.7 Å². The van der Waals surface area contributed by atoms with E-state index in [0.29, 0.717) is 5.75 Å². The lowest BCUT2D eigenvalue weighted by Gasteiger charge is -2.03. The molecule has 0 saturated heterocycles. The summed E-state index contributed by atoms with van der Waals surface area (Å²) in [5.74, 6) is 0.527. The fraction of sp³-hybridized carbons (Fsp3) is 0.100. The molecule has 1 aromatic rings. The van der Waals surface area contributed by atoms with Gasteiger partial charge in [-0.25, -0.2) is 4.79 Å². The Morgan fingerprint density at radius 1 is 1.62 bits per heavy atom.